The van der Waals surface area contributed by atoms with Gasteiger partial charge in [0.05, 0.1) is 13.2 Å². The molecule has 0 atom stereocenters. The molecule has 0 saturated carbocycles. The molecule has 154 valence electrons. The number of likely N-dealkylation sites (N-methyl/N-ethyl adjacent to an activating group) is 1. The Morgan fingerprint density at radius 3 is 2.62 bits per heavy atom. The fourth-order valence-electron chi connectivity index (χ4n) is 4.16. The normalized spacial score (nSPS) is 19.0. The van der Waals surface area contributed by atoms with Crippen molar-refractivity contribution in [1.82, 2.24) is 24.9 Å². The van der Waals surface area contributed by atoms with Crippen LogP contribution in [0.3, 0.4) is 0 Å². The zero-order valence-corrected chi connectivity index (χ0v) is 16.9. The molecule has 4 rings (SSSR count). The van der Waals surface area contributed by atoms with Crippen molar-refractivity contribution in [3.05, 3.63) is 47.8 Å². The minimum Gasteiger partial charge on any atom is -0.494 e. The number of hydrogen-bond donors (Lipinski definition) is 1. The van der Waals surface area contributed by atoms with Crippen molar-refractivity contribution < 1.29 is 14.3 Å². The third kappa shape index (κ3) is 3.85. The number of piperidine rings is 1. The highest BCUT2D eigenvalue weighted by Gasteiger charge is 2.50. The SMILES string of the molecule is CCOc1ccc(CN2CCC3(CC2)NC(=O)N(C)C3=O)cc1Cn1cccn1. The van der Waals surface area contributed by atoms with E-state index in [4.69, 9.17) is 4.74 Å². The number of imide groups is 1. The molecule has 2 fully saturated rings. The lowest BCUT2D eigenvalue weighted by Crippen LogP contribution is -2.54. The Morgan fingerprint density at radius 1 is 1.21 bits per heavy atom. The number of urea groups is 1. The maximum absolute atomic E-state index is 12.5. The maximum Gasteiger partial charge on any atom is 0.324 e. The van der Waals surface area contributed by atoms with Crippen LogP contribution in [-0.4, -0.2) is 63.8 Å². The summed E-state index contributed by atoms with van der Waals surface area (Å²) in [5.41, 5.74) is 1.58. The van der Waals surface area contributed by atoms with Crippen LogP contribution in [0.2, 0.25) is 0 Å². The Balaban J connectivity index is 1.43. The number of likely N-dealkylation sites (tertiary alicyclic amines) is 1. The predicted octanol–water partition coefficient (Wildman–Crippen LogP) is 1.85. The molecule has 8 heteroatoms. The highest BCUT2D eigenvalue weighted by molar-refractivity contribution is 6.06. The molecule has 0 unspecified atom stereocenters. The second-order valence-electron chi connectivity index (χ2n) is 7.73. The van der Waals surface area contributed by atoms with Gasteiger partial charge in [-0.2, -0.15) is 5.10 Å². The molecule has 3 heterocycles. The molecule has 29 heavy (non-hydrogen) atoms. The third-order valence-corrected chi connectivity index (χ3v) is 5.80. The Kier molecular flexibility index (Phi) is 5.27. The number of nitrogens with one attached hydrogen (secondary N) is 1. The van der Waals surface area contributed by atoms with Gasteiger partial charge < -0.3 is 10.1 Å². The van der Waals surface area contributed by atoms with E-state index in [1.807, 2.05) is 29.9 Å². The number of benzene rings is 1. The maximum atomic E-state index is 12.5. The van der Waals surface area contributed by atoms with Gasteiger partial charge in [-0.1, -0.05) is 6.07 Å². The number of nitrogens with zero attached hydrogens (tertiary/aromatic N) is 4. The van der Waals surface area contributed by atoms with Crippen molar-refractivity contribution >= 4 is 11.9 Å². The van der Waals surface area contributed by atoms with Crippen molar-refractivity contribution in [2.24, 2.45) is 0 Å². The van der Waals surface area contributed by atoms with E-state index in [0.29, 0.717) is 26.0 Å². The summed E-state index contributed by atoms with van der Waals surface area (Å²) in [7, 11) is 1.54. The van der Waals surface area contributed by atoms with Crippen LogP contribution in [0.25, 0.3) is 0 Å². The highest BCUT2D eigenvalue weighted by atomic mass is 16.5. The zero-order chi connectivity index (χ0) is 20.4. The summed E-state index contributed by atoms with van der Waals surface area (Å²) in [4.78, 5) is 27.8. The number of aromatic nitrogens is 2. The summed E-state index contributed by atoms with van der Waals surface area (Å²) in [6.07, 6.45) is 4.99. The predicted molar refractivity (Wildman–Crippen MR) is 107 cm³/mol. The number of amides is 3. The molecule has 2 saturated heterocycles. The van der Waals surface area contributed by atoms with Gasteiger partial charge in [-0.25, -0.2) is 4.79 Å². The molecular formula is C21H27N5O3. The average molecular weight is 397 g/mol. The first-order chi connectivity index (χ1) is 14.0. The standard InChI is InChI=1S/C21H27N5O3/c1-3-29-18-6-5-16(13-17(18)15-26-10-4-9-22-26)14-25-11-7-21(8-12-25)19(27)24(2)20(28)23-21/h4-6,9-10,13H,3,7-8,11-12,14-15H2,1-2H3,(H,23,28). The Hall–Kier alpha value is -2.87. The molecule has 0 aliphatic carbocycles. The van der Waals surface area contributed by atoms with Crippen molar-refractivity contribution in [3.63, 3.8) is 0 Å². The first-order valence-corrected chi connectivity index (χ1v) is 10.1. The van der Waals surface area contributed by atoms with Crippen LogP contribution < -0.4 is 10.1 Å². The molecule has 3 amide bonds. The summed E-state index contributed by atoms with van der Waals surface area (Å²) >= 11 is 0. The van der Waals surface area contributed by atoms with Gasteiger partial charge >= 0.3 is 6.03 Å². The molecule has 0 bridgehead atoms. The molecule has 2 aromatic rings. The van der Waals surface area contributed by atoms with Gasteiger partial charge in [0.15, 0.2) is 0 Å². The fraction of sp³-hybridized carbons (Fsp3) is 0.476. The first kappa shape index (κ1) is 19.4. The highest BCUT2D eigenvalue weighted by Crippen LogP contribution is 2.30. The Bertz CT molecular complexity index is 888. The van der Waals surface area contributed by atoms with Crippen LogP contribution in [0.4, 0.5) is 4.79 Å². The van der Waals surface area contributed by atoms with E-state index in [-0.39, 0.29) is 11.9 Å². The Morgan fingerprint density at radius 2 is 2.00 bits per heavy atom. The van der Waals surface area contributed by atoms with Crippen molar-refractivity contribution in [2.75, 3.05) is 26.7 Å². The Labute approximate surface area is 170 Å². The smallest absolute Gasteiger partial charge is 0.324 e. The number of carbonyl (C=O) groups is 2. The van der Waals surface area contributed by atoms with E-state index in [1.165, 1.54) is 10.5 Å². The summed E-state index contributed by atoms with van der Waals surface area (Å²) in [5, 5.41) is 7.19. The van der Waals surface area contributed by atoms with Crippen LogP contribution in [0.15, 0.2) is 36.7 Å². The molecule has 8 nitrogen and oxygen atoms in total. The second-order valence-corrected chi connectivity index (χ2v) is 7.73. The van der Waals surface area contributed by atoms with Gasteiger partial charge in [-0.3, -0.25) is 19.3 Å². The van der Waals surface area contributed by atoms with Crippen LogP contribution >= 0.6 is 0 Å². The average Bonchev–Trinajstić information content (AvgIpc) is 3.29. The van der Waals surface area contributed by atoms with Crippen LogP contribution in [-0.2, 0) is 17.9 Å². The van der Waals surface area contributed by atoms with Gasteiger partial charge in [-0.05, 0) is 43.5 Å². The molecule has 2 aliphatic rings. The van der Waals surface area contributed by atoms with Gasteiger partial charge in [0.2, 0.25) is 0 Å². The molecule has 2 aliphatic heterocycles. The summed E-state index contributed by atoms with van der Waals surface area (Å²) in [6.45, 7) is 5.59. The van der Waals surface area contributed by atoms with Crippen LogP contribution in [0, 0.1) is 0 Å². The lowest BCUT2D eigenvalue weighted by atomic mass is 9.87. The molecule has 1 aromatic heterocycles. The zero-order valence-electron chi connectivity index (χ0n) is 16.9. The fourth-order valence-corrected chi connectivity index (χ4v) is 4.16. The molecular weight excluding hydrogens is 370 g/mol. The molecule has 1 aromatic carbocycles. The van der Waals surface area contributed by atoms with Crippen LogP contribution in [0.1, 0.15) is 30.9 Å². The van der Waals surface area contributed by atoms with E-state index in [9.17, 15) is 9.59 Å². The monoisotopic (exact) mass is 397 g/mol. The van der Waals surface area contributed by atoms with Crippen LogP contribution in [0.5, 0.6) is 5.75 Å². The second kappa shape index (κ2) is 7.87. The summed E-state index contributed by atoms with van der Waals surface area (Å²) in [6, 6.07) is 7.91. The first-order valence-electron chi connectivity index (χ1n) is 10.1. The van der Waals surface area contributed by atoms with Gasteiger partial charge in [0, 0.05) is 44.6 Å². The lowest BCUT2D eigenvalue weighted by molar-refractivity contribution is -0.132. The molecule has 1 N–H and O–H groups in total. The quantitative estimate of drug-likeness (QED) is 0.753. The van der Waals surface area contributed by atoms with Crippen molar-refractivity contribution in [1.29, 1.82) is 0 Å². The molecule has 1 spiro atoms. The molecule has 0 radical (unpaired) electrons. The van der Waals surface area contributed by atoms with Gasteiger partial charge in [-0.15, -0.1) is 0 Å². The van der Waals surface area contributed by atoms with Crippen molar-refractivity contribution in [3.8, 4) is 5.75 Å². The number of carbonyl (C=O) groups excluding carboxylic acids is 2. The summed E-state index contributed by atoms with van der Waals surface area (Å²) in [5.74, 6) is 0.774. The number of hydrogen-bond acceptors (Lipinski definition) is 5. The lowest BCUT2D eigenvalue weighted by Gasteiger charge is -2.37. The summed E-state index contributed by atoms with van der Waals surface area (Å²) < 4.78 is 7.68. The van der Waals surface area contributed by atoms with E-state index < -0.39 is 5.54 Å². The number of rotatable bonds is 6. The minimum atomic E-state index is -0.716. The van der Waals surface area contributed by atoms with E-state index in [0.717, 1.165) is 30.9 Å². The van der Waals surface area contributed by atoms with E-state index in [2.05, 4.69) is 27.4 Å². The van der Waals surface area contributed by atoms with E-state index >= 15 is 0 Å². The van der Waals surface area contributed by atoms with E-state index in [1.54, 1.807) is 13.2 Å². The largest absolute Gasteiger partial charge is 0.494 e. The van der Waals surface area contributed by atoms with Crippen molar-refractivity contribution in [2.45, 2.75) is 38.4 Å². The minimum absolute atomic E-state index is 0.107. The number of ether oxygens (including phenoxy) is 1. The third-order valence-electron chi connectivity index (χ3n) is 5.80. The topological polar surface area (TPSA) is 79.7 Å². The van der Waals surface area contributed by atoms with Gasteiger partial charge in [0.25, 0.3) is 5.91 Å². The van der Waals surface area contributed by atoms with Gasteiger partial charge in [0.1, 0.15) is 11.3 Å².